The molecule has 1 aliphatic rings. The molecule has 3 heteroatoms. The number of ketones is 1. The Bertz CT molecular complexity index is 519. The van der Waals surface area contributed by atoms with Gasteiger partial charge in [-0.3, -0.25) is 9.59 Å². The number of hydrogen-bond donors (Lipinski definition) is 0. The maximum absolute atomic E-state index is 12.1. The minimum atomic E-state index is -0.372. The van der Waals surface area contributed by atoms with Crippen LogP contribution >= 0.6 is 0 Å². The summed E-state index contributed by atoms with van der Waals surface area (Å²) in [6.07, 6.45) is 0.998. The lowest BCUT2D eigenvalue weighted by molar-refractivity contribution is -0.114. The molecule has 1 aromatic rings. The second-order valence-corrected chi connectivity index (χ2v) is 5.18. The molecule has 0 saturated heterocycles. The van der Waals surface area contributed by atoms with Gasteiger partial charge in [-0.2, -0.15) is 0 Å². The number of anilines is 1. The highest BCUT2D eigenvalue weighted by atomic mass is 16.2. The van der Waals surface area contributed by atoms with Crippen molar-refractivity contribution in [3.8, 4) is 0 Å². The maximum atomic E-state index is 12.1. The number of aryl methyl sites for hydroxylation is 2. The molecule has 1 atom stereocenters. The first-order valence-corrected chi connectivity index (χ1v) is 6.43. The number of Topliss-reactive ketones (excluding diaryl/α,β-unsaturated/α-hetero) is 1. The molecule has 0 aromatic heterocycles. The van der Waals surface area contributed by atoms with E-state index in [9.17, 15) is 9.59 Å². The Morgan fingerprint density at radius 1 is 1.17 bits per heavy atom. The van der Waals surface area contributed by atoms with Crippen molar-refractivity contribution in [3.05, 3.63) is 28.8 Å². The zero-order valence-electron chi connectivity index (χ0n) is 11.4. The zero-order valence-corrected chi connectivity index (χ0v) is 11.4. The number of benzene rings is 1. The smallest absolute Gasteiger partial charge is 0.299 e. The van der Waals surface area contributed by atoms with Crippen LogP contribution in [0.15, 0.2) is 12.1 Å². The van der Waals surface area contributed by atoms with E-state index in [2.05, 4.69) is 13.8 Å². The highest BCUT2D eigenvalue weighted by Gasteiger charge is 2.38. The third kappa shape index (κ3) is 1.84. The molecule has 0 N–H and O–H groups in total. The summed E-state index contributed by atoms with van der Waals surface area (Å²) in [4.78, 5) is 25.8. The summed E-state index contributed by atoms with van der Waals surface area (Å²) in [5, 5.41) is 0. The van der Waals surface area contributed by atoms with Gasteiger partial charge in [-0.1, -0.05) is 32.4 Å². The number of carbonyl (C=O) groups excluding carboxylic acids is 2. The van der Waals surface area contributed by atoms with Crippen LogP contribution in [0.4, 0.5) is 5.69 Å². The second kappa shape index (κ2) is 4.56. The number of hydrogen-bond acceptors (Lipinski definition) is 2. The lowest BCUT2D eigenvalue weighted by Crippen LogP contribution is -2.33. The largest absolute Gasteiger partial charge is 0.304 e. The van der Waals surface area contributed by atoms with Gasteiger partial charge >= 0.3 is 0 Å². The Morgan fingerprint density at radius 3 is 2.39 bits per heavy atom. The van der Waals surface area contributed by atoms with Gasteiger partial charge in [0.25, 0.3) is 11.7 Å². The highest BCUT2D eigenvalue weighted by Crippen LogP contribution is 2.35. The highest BCUT2D eigenvalue weighted by molar-refractivity contribution is 6.52. The van der Waals surface area contributed by atoms with E-state index in [1.807, 2.05) is 26.0 Å². The van der Waals surface area contributed by atoms with Crippen molar-refractivity contribution >= 4 is 17.4 Å². The van der Waals surface area contributed by atoms with Crippen LogP contribution in [0, 0.1) is 19.8 Å². The van der Waals surface area contributed by atoms with E-state index in [4.69, 9.17) is 0 Å². The van der Waals surface area contributed by atoms with E-state index >= 15 is 0 Å². The molecule has 1 aromatic carbocycles. The molecule has 0 radical (unpaired) electrons. The molecule has 18 heavy (non-hydrogen) atoms. The van der Waals surface area contributed by atoms with Crippen LogP contribution in [-0.2, 0) is 4.79 Å². The van der Waals surface area contributed by atoms with Crippen molar-refractivity contribution < 1.29 is 9.59 Å². The molecule has 0 bridgehead atoms. The summed E-state index contributed by atoms with van der Waals surface area (Å²) in [5.74, 6) is -0.329. The lowest BCUT2D eigenvalue weighted by Gasteiger charge is -2.22. The summed E-state index contributed by atoms with van der Waals surface area (Å²) in [5.41, 5.74) is 3.31. The van der Waals surface area contributed by atoms with Crippen molar-refractivity contribution in [2.75, 3.05) is 11.4 Å². The molecule has 0 fully saturated rings. The van der Waals surface area contributed by atoms with Crippen LogP contribution in [0.5, 0.6) is 0 Å². The monoisotopic (exact) mass is 245 g/mol. The minimum Gasteiger partial charge on any atom is -0.304 e. The molecular formula is C15H19NO2. The number of amides is 1. The number of fused-ring (bicyclic) bond motifs is 1. The van der Waals surface area contributed by atoms with Gasteiger partial charge in [-0.05, 0) is 30.9 Å². The Balaban J connectivity index is 2.51. The predicted molar refractivity (Wildman–Crippen MR) is 72.1 cm³/mol. The van der Waals surface area contributed by atoms with Crippen LogP contribution in [0.25, 0.3) is 0 Å². The van der Waals surface area contributed by atoms with Crippen LogP contribution in [0.1, 0.15) is 41.8 Å². The van der Waals surface area contributed by atoms with Gasteiger partial charge in [-0.15, -0.1) is 0 Å². The molecule has 1 amide bonds. The van der Waals surface area contributed by atoms with E-state index < -0.39 is 0 Å². The quantitative estimate of drug-likeness (QED) is 0.768. The summed E-state index contributed by atoms with van der Waals surface area (Å²) in [6.45, 7) is 8.65. The Hall–Kier alpha value is -1.64. The normalized spacial score (nSPS) is 16.1. The summed E-state index contributed by atoms with van der Waals surface area (Å²) in [6, 6.07) is 3.88. The van der Waals surface area contributed by atoms with Gasteiger partial charge in [0, 0.05) is 6.54 Å². The van der Waals surface area contributed by atoms with E-state index in [1.165, 1.54) is 0 Å². The fraction of sp³-hybridized carbons (Fsp3) is 0.467. The van der Waals surface area contributed by atoms with Crippen LogP contribution < -0.4 is 4.90 Å². The van der Waals surface area contributed by atoms with Crippen molar-refractivity contribution in [2.24, 2.45) is 5.92 Å². The average Bonchev–Trinajstić information content (AvgIpc) is 2.60. The molecule has 0 aliphatic carbocycles. The van der Waals surface area contributed by atoms with Gasteiger partial charge in [-0.25, -0.2) is 0 Å². The van der Waals surface area contributed by atoms with Crippen LogP contribution in [-0.4, -0.2) is 18.2 Å². The van der Waals surface area contributed by atoms with E-state index in [-0.39, 0.29) is 11.7 Å². The summed E-state index contributed by atoms with van der Waals surface area (Å²) in [7, 11) is 0. The molecule has 0 saturated carbocycles. The zero-order chi connectivity index (χ0) is 13.4. The standard InChI is InChI=1S/C15H19NO2/c1-5-9(2)8-16-13-11(4)7-6-10(3)12(13)14(17)15(16)18/h6-7,9H,5,8H2,1-4H3. The number of carbonyl (C=O) groups is 2. The van der Waals surface area contributed by atoms with Crippen LogP contribution in [0.2, 0.25) is 0 Å². The van der Waals surface area contributed by atoms with E-state index in [1.54, 1.807) is 4.90 Å². The van der Waals surface area contributed by atoms with E-state index in [0.717, 1.165) is 23.2 Å². The molecule has 1 aliphatic heterocycles. The van der Waals surface area contributed by atoms with Crippen molar-refractivity contribution in [3.63, 3.8) is 0 Å². The molecule has 3 nitrogen and oxygen atoms in total. The molecule has 2 rings (SSSR count). The van der Waals surface area contributed by atoms with E-state index in [0.29, 0.717) is 18.0 Å². The first-order chi connectivity index (χ1) is 8.47. The Labute approximate surface area is 108 Å². The van der Waals surface area contributed by atoms with Crippen molar-refractivity contribution in [1.82, 2.24) is 0 Å². The van der Waals surface area contributed by atoms with Crippen molar-refractivity contribution in [2.45, 2.75) is 34.1 Å². The maximum Gasteiger partial charge on any atom is 0.299 e. The molecule has 96 valence electrons. The third-order valence-corrected chi connectivity index (χ3v) is 3.72. The fourth-order valence-electron chi connectivity index (χ4n) is 2.38. The van der Waals surface area contributed by atoms with Gasteiger partial charge in [0.15, 0.2) is 0 Å². The molecular weight excluding hydrogens is 226 g/mol. The Morgan fingerprint density at radius 2 is 1.78 bits per heavy atom. The van der Waals surface area contributed by atoms with Gasteiger partial charge in [0.2, 0.25) is 0 Å². The minimum absolute atomic E-state index is 0.352. The number of rotatable bonds is 3. The topological polar surface area (TPSA) is 37.4 Å². The summed E-state index contributed by atoms with van der Waals surface area (Å²) < 4.78 is 0. The lowest BCUT2D eigenvalue weighted by atomic mass is 10.0. The van der Waals surface area contributed by atoms with Crippen molar-refractivity contribution in [1.29, 1.82) is 0 Å². The van der Waals surface area contributed by atoms with Gasteiger partial charge in [0.05, 0.1) is 11.3 Å². The first-order valence-electron chi connectivity index (χ1n) is 6.43. The molecule has 1 unspecified atom stereocenters. The second-order valence-electron chi connectivity index (χ2n) is 5.18. The Kier molecular flexibility index (Phi) is 3.24. The number of nitrogens with zero attached hydrogens (tertiary/aromatic N) is 1. The van der Waals surface area contributed by atoms with Gasteiger partial charge in [0.1, 0.15) is 0 Å². The molecule has 1 heterocycles. The third-order valence-electron chi connectivity index (χ3n) is 3.72. The fourth-order valence-corrected chi connectivity index (χ4v) is 2.38. The van der Waals surface area contributed by atoms with Crippen LogP contribution in [0.3, 0.4) is 0 Å². The van der Waals surface area contributed by atoms with Gasteiger partial charge < -0.3 is 4.90 Å². The summed E-state index contributed by atoms with van der Waals surface area (Å²) >= 11 is 0. The predicted octanol–water partition coefficient (Wildman–Crippen LogP) is 2.88. The first kappa shape index (κ1) is 12.8. The molecule has 0 spiro atoms. The SMILES string of the molecule is CCC(C)CN1C(=O)C(=O)c2c(C)ccc(C)c21. The average molecular weight is 245 g/mol.